The van der Waals surface area contributed by atoms with Crippen LogP contribution in [0.15, 0.2) is 71.7 Å². The minimum Gasteiger partial charge on any atom is -0.470 e. The summed E-state index contributed by atoms with van der Waals surface area (Å²) in [6, 6.07) is 18.8. The lowest BCUT2D eigenvalue weighted by Crippen LogP contribution is -2.35. The first-order valence-electron chi connectivity index (χ1n) is 8.65. The number of hydrogen-bond acceptors (Lipinski definition) is 5. The summed E-state index contributed by atoms with van der Waals surface area (Å²) in [7, 11) is 0. The molecule has 4 rings (SSSR count). The number of anilines is 2. The lowest BCUT2D eigenvalue weighted by atomic mass is 10.1. The van der Waals surface area contributed by atoms with Crippen molar-refractivity contribution in [3.8, 4) is 5.75 Å². The van der Waals surface area contributed by atoms with Crippen molar-refractivity contribution >= 4 is 35.0 Å². The Morgan fingerprint density at radius 3 is 2.71 bits per heavy atom. The van der Waals surface area contributed by atoms with Crippen molar-refractivity contribution in [3.63, 3.8) is 0 Å². The molecular formula is C21H18ClFN4O. The van der Waals surface area contributed by atoms with Gasteiger partial charge in [0.25, 0.3) is 0 Å². The van der Waals surface area contributed by atoms with Gasteiger partial charge in [-0.1, -0.05) is 29.8 Å². The first-order chi connectivity index (χ1) is 13.5. The molecule has 0 saturated heterocycles. The van der Waals surface area contributed by atoms with E-state index in [0.717, 1.165) is 16.9 Å². The van der Waals surface area contributed by atoms with Gasteiger partial charge in [0.05, 0.1) is 12.0 Å². The summed E-state index contributed by atoms with van der Waals surface area (Å²) < 4.78 is 19.0. The van der Waals surface area contributed by atoms with Crippen molar-refractivity contribution in [1.82, 2.24) is 0 Å². The highest BCUT2D eigenvalue weighted by Gasteiger charge is 2.23. The van der Waals surface area contributed by atoms with Crippen molar-refractivity contribution in [2.24, 2.45) is 10.7 Å². The Labute approximate surface area is 167 Å². The molecule has 3 aromatic rings. The molecule has 2 atom stereocenters. The van der Waals surface area contributed by atoms with Gasteiger partial charge in [0.1, 0.15) is 17.7 Å². The van der Waals surface area contributed by atoms with Crippen molar-refractivity contribution in [2.75, 3.05) is 10.6 Å². The Kier molecular flexibility index (Phi) is 4.90. The van der Waals surface area contributed by atoms with E-state index >= 15 is 0 Å². The molecule has 142 valence electrons. The molecule has 1 heterocycles. The van der Waals surface area contributed by atoms with Gasteiger partial charge >= 0.3 is 0 Å². The summed E-state index contributed by atoms with van der Waals surface area (Å²) in [5, 5.41) is 0. The Hall–Kier alpha value is -3.09. The molecule has 0 saturated carbocycles. The highest BCUT2D eigenvalue weighted by molar-refractivity contribution is 6.20. The summed E-state index contributed by atoms with van der Waals surface area (Å²) in [5.41, 5.74) is 15.3. The highest BCUT2D eigenvalue weighted by atomic mass is 35.5. The number of nitrogens with zero attached hydrogens (tertiary/aromatic N) is 2. The molecule has 3 aromatic carbocycles. The molecule has 0 aromatic heterocycles. The van der Waals surface area contributed by atoms with Crippen LogP contribution in [0.1, 0.15) is 22.9 Å². The van der Waals surface area contributed by atoms with Crippen LogP contribution in [0.5, 0.6) is 5.75 Å². The van der Waals surface area contributed by atoms with Gasteiger partial charge in [0, 0.05) is 28.6 Å². The minimum atomic E-state index is -0.789. The average Bonchev–Trinajstić information content (AvgIpc) is 2.69. The normalized spacial score (nSPS) is 16.5. The van der Waals surface area contributed by atoms with Crippen LogP contribution in [0.25, 0.3) is 0 Å². The number of rotatable bonds is 4. The second kappa shape index (κ2) is 7.50. The zero-order chi connectivity index (χ0) is 19.7. The van der Waals surface area contributed by atoms with E-state index in [1.807, 2.05) is 41.3 Å². The number of ether oxygens (including phenoxy) is 1. The Bertz CT molecular complexity index is 1040. The van der Waals surface area contributed by atoms with Crippen LogP contribution >= 0.6 is 11.6 Å². The number of benzene rings is 3. The lowest BCUT2D eigenvalue weighted by molar-refractivity contribution is 0.287. The molecule has 5 nitrogen and oxygen atoms in total. The van der Waals surface area contributed by atoms with Gasteiger partial charge in [-0.05, 0) is 42.5 Å². The van der Waals surface area contributed by atoms with Gasteiger partial charge in [-0.3, -0.25) is 0 Å². The molecule has 0 bridgehead atoms. The first kappa shape index (κ1) is 18.3. The van der Waals surface area contributed by atoms with E-state index in [1.54, 1.807) is 24.5 Å². The maximum Gasteiger partial charge on any atom is 0.197 e. The number of aliphatic imine (C=N–C) groups is 1. The smallest absolute Gasteiger partial charge is 0.197 e. The van der Waals surface area contributed by atoms with E-state index in [-0.39, 0.29) is 5.82 Å². The van der Waals surface area contributed by atoms with E-state index < -0.39 is 11.7 Å². The molecule has 1 aliphatic heterocycles. The summed E-state index contributed by atoms with van der Waals surface area (Å²) in [6.45, 7) is 0. The molecule has 28 heavy (non-hydrogen) atoms. The van der Waals surface area contributed by atoms with Crippen molar-refractivity contribution < 1.29 is 9.13 Å². The van der Waals surface area contributed by atoms with Gasteiger partial charge in [0.2, 0.25) is 0 Å². The second-order valence-corrected chi connectivity index (χ2v) is 6.80. The molecule has 4 N–H and O–H groups in total. The Morgan fingerprint density at radius 1 is 1.07 bits per heavy atom. The van der Waals surface area contributed by atoms with Crippen LogP contribution < -0.4 is 21.1 Å². The van der Waals surface area contributed by atoms with Crippen LogP contribution in [0.3, 0.4) is 0 Å². The fraction of sp³-hybridized carbons (Fsp3) is 0.0952. The minimum absolute atomic E-state index is 0.353. The fourth-order valence-electron chi connectivity index (χ4n) is 3.06. The zero-order valence-corrected chi connectivity index (χ0v) is 15.6. The van der Waals surface area contributed by atoms with Crippen molar-refractivity contribution in [2.45, 2.75) is 11.7 Å². The largest absolute Gasteiger partial charge is 0.470 e. The zero-order valence-electron chi connectivity index (χ0n) is 14.8. The molecule has 0 fully saturated rings. The van der Waals surface area contributed by atoms with Gasteiger partial charge in [-0.25, -0.2) is 9.38 Å². The lowest BCUT2D eigenvalue weighted by Gasteiger charge is -2.31. The SMILES string of the molecule is Nc1ccc2c(c1)C(N)N(c1cccc(C(Cl)Oc3cccc(F)c3)c1)C=N2. The number of alkyl halides is 1. The summed E-state index contributed by atoms with van der Waals surface area (Å²) in [4.78, 5) is 6.28. The predicted molar refractivity (Wildman–Crippen MR) is 110 cm³/mol. The van der Waals surface area contributed by atoms with Gasteiger partial charge in [-0.2, -0.15) is 0 Å². The van der Waals surface area contributed by atoms with Crippen LogP contribution in [-0.2, 0) is 0 Å². The summed E-state index contributed by atoms with van der Waals surface area (Å²) in [5.74, 6) is -0.0328. The van der Waals surface area contributed by atoms with Gasteiger partial charge in [0.15, 0.2) is 5.56 Å². The Balaban J connectivity index is 1.59. The average molecular weight is 397 g/mol. The molecule has 0 aliphatic carbocycles. The van der Waals surface area contributed by atoms with E-state index in [1.165, 1.54) is 12.1 Å². The molecule has 1 aliphatic rings. The van der Waals surface area contributed by atoms with Gasteiger partial charge in [-0.15, -0.1) is 0 Å². The first-order valence-corrected chi connectivity index (χ1v) is 9.09. The van der Waals surface area contributed by atoms with Crippen LogP contribution in [0.2, 0.25) is 0 Å². The molecule has 0 spiro atoms. The third-order valence-corrected chi connectivity index (χ3v) is 4.80. The molecule has 0 radical (unpaired) electrons. The van der Waals surface area contributed by atoms with Gasteiger partial charge < -0.3 is 21.1 Å². The summed E-state index contributed by atoms with van der Waals surface area (Å²) in [6.07, 6.45) is 1.24. The van der Waals surface area contributed by atoms with E-state index in [9.17, 15) is 4.39 Å². The molecule has 0 amide bonds. The van der Waals surface area contributed by atoms with Crippen LogP contribution in [-0.4, -0.2) is 6.34 Å². The monoisotopic (exact) mass is 396 g/mol. The number of nitrogen functional groups attached to an aromatic ring is 1. The van der Waals surface area contributed by atoms with Crippen molar-refractivity contribution in [1.29, 1.82) is 0 Å². The third kappa shape index (κ3) is 3.65. The molecule has 7 heteroatoms. The maximum atomic E-state index is 13.4. The quantitative estimate of drug-likeness (QED) is 0.487. The van der Waals surface area contributed by atoms with E-state index in [2.05, 4.69) is 4.99 Å². The Morgan fingerprint density at radius 2 is 1.89 bits per heavy atom. The number of hydrogen-bond donors (Lipinski definition) is 2. The van der Waals surface area contributed by atoms with Crippen LogP contribution in [0.4, 0.5) is 21.5 Å². The standard InChI is InChI=1S/C21H18ClFN4O/c22-20(28-17-6-2-4-14(23)10-17)13-3-1-5-16(9-13)27-12-26-19-8-7-15(24)11-18(19)21(27)25/h1-12,20-21H,24-25H2. The highest BCUT2D eigenvalue weighted by Crippen LogP contribution is 2.35. The topological polar surface area (TPSA) is 76.9 Å². The second-order valence-electron chi connectivity index (χ2n) is 6.40. The molecular weight excluding hydrogens is 379 g/mol. The maximum absolute atomic E-state index is 13.4. The fourth-order valence-corrected chi connectivity index (χ4v) is 3.29. The number of fused-ring (bicyclic) bond motifs is 1. The number of nitrogens with two attached hydrogens (primary N) is 2. The van der Waals surface area contributed by atoms with Crippen LogP contribution in [0, 0.1) is 5.82 Å². The summed E-state index contributed by atoms with van der Waals surface area (Å²) >= 11 is 6.40. The predicted octanol–water partition coefficient (Wildman–Crippen LogP) is 4.86. The van der Waals surface area contributed by atoms with Crippen molar-refractivity contribution in [3.05, 3.63) is 83.7 Å². The molecule has 2 unspecified atom stereocenters. The van der Waals surface area contributed by atoms with E-state index in [4.69, 9.17) is 27.8 Å². The van der Waals surface area contributed by atoms with E-state index in [0.29, 0.717) is 17.0 Å². The third-order valence-electron chi connectivity index (χ3n) is 4.46. The number of halogens is 2.